The van der Waals surface area contributed by atoms with Gasteiger partial charge in [-0.15, -0.1) is 0 Å². The van der Waals surface area contributed by atoms with Crippen LogP contribution in [0.15, 0.2) is 18.2 Å². The van der Waals surface area contributed by atoms with Crippen LogP contribution in [0, 0.1) is 18.8 Å². The third-order valence-electron chi connectivity index (χ3n) is 3.75. The molecule has 6 nitrogen and oxygen atoms in total. The van der Waals surface area contributed by atoms with Crippen molar-refractivity contribution < 1.29 is 19.5 Å². The molecule has 22 heavy (non-hydrogen) atoms. The van der Waals surface area contributed by atoms with Crippen molar-refractivity contribution in [3.05, 3.63) is 28.8 Å². The van der Waals surface area contributed by atoms with Gasteiger partial charge in [-0.1, -0.05) is 17.7 Å². The molecule has 0 radical (unpaired) electrons. The van der Waals surface area contributed by atoms with E-state index in [2.05, 4.69) is 10.6 Å². The van der Waals surface area contributed by atoms with Gasteiger partial charge in [0.2, 0.25) is 11.8 Å². The number of carboxylic acids is 1. The molecule has 2 atom stereocenters. The fourth-order valence-corrected chi connectivity index (χ4v) is 2.61. The van der Waals surface area contributed by atoms with E-state index in [4.69, 9.17) is 16.7 Å². The topological polar surface area (TPSA) is 95.5 Å². The summed E-state index contributed by atoms with van der Waals surface area (Å²) in [4.78, 5) is 34.5. The molecule has 0 saturated heterocycles. The van der Waals surface area contributed by atoms with Crippen molar-refractivity contribution in [3.8, 4) is 0 Å². The number of amides is 2. The summed E-state index contributed by atoms with van der Waals surface area (Å²) in [6, 6.07) is 5.22. The van der Waals surface area contributed by atoms with Gasteiger partial charge in [-0.25, -0.2) is 0 Å². The zero-order chi connectivity index (χ0) is 16.3. The third kappa shape index (κ3) is 3.76. The summed E-state index contributed by atoms with van der Waals surface area (Å²) < 4.78 is 0. The lowest BCUT2D eigenvalue weighted by Gasteiger charge is -2.31. The average molecular weight is 325 g/mol. The van der Waals surface area contributed by atoms with E-state index in [9.17, 15) is 14.4 Å². The van der Waals surface area contributed by atoms with Crippen LogP contribution in [0.25, 0.3) is 0 Å². The zero-order valence-electron chi connectivity index (χ0n) is 12.1. The highest BCUT2D eigenvalue weighted by Crippen LogP contribution is 2.34. The van der Waals surface area contributed by atoms with Gasteiger partial charge < -0.3 is 15.7 Å². The molecule has 1 aromatic carbocycles. The molecule has 0 heterocycles. The average Bonchev–Trinajstić information content (AvgIpc) is 2.37. The molecule has 2 rings (SSSR count). The maximum Gasteiger partial charge on any atom is 0.307 e. The number of aliphatic carboxylic acids is 1. The maximum atomic E-state index is 11.8. The van der Waals surface area contributed by atoms with E-state index < -0.39 is 29.6 Å². The summed E-state index contributed by atoms with van der Waals surface area (Å²) in [5.74, 6) is -2.97. The first-order valence-corrected chi connectivity index (χ1v) is 7.33. The van der Waals surface area contributed by atoms with Crippen molar-refractivity contribution in [3.63, 3.8) is 0 Å². The standard InChI is InChI=1S/C15H17ClN2O4/c1-8-2-5-12(11(16)6-8)18-13(19)7-17-14(20)9-3-4-10(9)15(21)22/h2,5-6,9-10H,3-4,7H2,1H3,(H,17,20)(H,18,19)(H,21,22). The summed E-state index contributed by atoms with van der Waals surface area (Å²) in [7, 11) is 0. The number of hydrogen-bond acceptors (Lipinski definition) is 3. The predicted molar refractivity (Wildman–Crippen MR) is 81.7 cm³/mol. The number of nitrogens with one attached hydrogen (secondary N) is 2. The van der Waals surface area contributed by atoms with E-state index in [-0.39, 0.29) is 6.54 Å². The molecule has 0 aliphatic heterocycles. The van der Waals surface area contributed by atoms with Crippen molar-refractivity contribution in [2.24, 2.45) is 11.8 Å². The van der Waals surface area contributed by atoms with Gasteiger partial charge in [-0.2, -0.15) is 0 Å². The minimum Gasteiger partial charge on any atom is -0.481 e. The summed E-state index contributed by atoms with van der Waals surface area (Å²) in [6.45, 7) is 1.67. The summed E-state index contributed by atoms with van der Waals surface area (Å²) in [5, 5.41) is 14.4. The lowest BCUT2D eigenvalue weighted by molar-refractivity contribution is -0.152. The lowest BCUT2D eigenvalue weighted by Crippen LogP contribution is -2.45. The number of carbonyl (C=O) groups excluding carboxylic acids is 2. The molecule has 2 unspecified atom stereocenters. The van der Waals surface area contributed by atoms with Crippen LogP contribution in [0.2, 0.25) is 5.02 Å². The molecule has 3 N–H and O–H groups in total. The summed E-state index contributed by atoms with van der Waals surface area (Å²) in [6.07, 6.45) is 1.03. The number of anilines is 1. The van der Waals surface area contributed by atoms with Crippen molar-refractivity contribution in [1.29, 1.82) is 0 Å². The second-order valence-electron chi connectivity index (χ2n) is 5.38. The van der Waals surface area contributed by atoms with Crippen LogP contribution in [0.4, 0.5) is 5.69 Å². The largest absolute Gasteiger partial charge is 0.481 e. The van der Waals surface area contributed by atoms with E-state index in [1.54, 1.807) is 12.1 Å². The number of aryl methyl sites for hydroxylation is 1. The van der Waals surface area contributed by atoms with Gasteiger partial charge in [0.15, 0.2) is 0 Å². The van der Waals surface area contributed by atoms with Gasteiger partial charge in [0.25, 0.3) is 0 Å². The Hall–Kier alpha value is -2.08. The first-order chi connectivity index (χ1) is 10.4. The molecule has 1 fully saturated rings. The number of hydrogen-bond donors (Lipinski definition) is 3. The van der Waals surface area contributed by atoms with E-state index >= 15 is 0 Å². The predicted octanol–water partition coefficient (Wildman–Crippen LogP) is 1.81. The molecule has 1 aliphatic carbocycles. The van der Waals surface area contributed by atoms with Gasteiger partial charge in [0, 0.05) is 0 Å². The molecule has 0 aromatic heterocycles. The lowest BCUT2D eigenvalue weighted by atomic mass is 9.73. The number of rotatable bonds is 5. The maximum absolute atomic E-state index is 11.8. The quantitative estimate of drug-likeness (QED) is 0.769. The number of carboxylic acid groups (broad SMARTS) is 1. The minimum atomic E-state index is -0.970. The second-order valence-corrected chi connectivity index (χ2v) is 5.79. The Labute approximate surface area is 132 Å². The molecule has 0 spiro atoms. The highest BCUT2D eigenvalue weighted by molar-refractivity contribution is 6.33. The monoisotopic (exact) mass is 324 g/mol. The van der Waals surface area contributed by atoms with E-state index in [0.717, 1.165) is 5.56 Å². The summed E-state index contributed by atoms with van der Waals surface area (Å²) >= 11 is 6.00. The zero-order valence-corrected chi connectivity index (χ0v) is 12.8. The van der Waals surface area contributed by atoms with Crippen LogP contribution >= 0.6 is 11.6 Å². The minimum absolute atomic E-state index is 0.216. The fourth-order valence-electron chi connectivity index (χ4n) is 2.32. The Balaban J connectivity index is 1.83. The Morgan fingerprint density at radius 2 is 1.95 bits per heavy atom. The van der Waals surface area contributed by atoms with Crippen molar-refractivity contribution in [2.75, 3.05) is 11.9 Å². The van der Waals surface area contributed by atoms with E-state index in [0.29, 0.717) is 23.6 Å². The molecule has 1 aromatic rings. The Morgan fingerprint density at radius 3 is 2.50 bits per heavy atom. The van der Waals surface area contributed by atoms with Crippen LogP contribution in [0.3, 0.4) is 0 Å². The smallest absolute Gasteiger partial charge is 0.307 e. The van der Waals surface area contributed by atoms with Gasteiger partial charge >= 0.3 is 5.97 Å². The molecule has 1 saturated carbocycles. The van der Waals surface area contributed by atoms with Crippen LogP contribution in [-0.4, -0.2) is 29.4 Å². The Bertz CT molecular complexity index is 618. The molecular formula is C15H17ClN2O4. The van der Waals surface area contributed by atoms with Gasteiger partial charge in [0.05, 0.1) is 29.1 Å². The van der Waals surface area contributed by atoms with Gasteiger partial charge in [-0.3, -0.25) is 14.4 Å². The first kappa shape index (κ1) is 16.3. The summed E-state index contributed by atoms with van der Waals surface area (Å²) in [5.41, 5.74) is 1.44. The van der Waals surface area contributed by atoms with Crippen molar-refractivity contribution in [1.82, 2.24) is 5.32 Å². The molecule has 7 heteroatoms. The molecule has 1 aliphatic rings. The van der Waals surface area contributed by atoms with E-state index in [1.807, 2.05) is 13.0 Å². The van der Waals surface area contributed by atoms with Crippen LogP contribution < -0.4 is 10.6 Å². The second kappa shape index (κ2) is 6.79. The number of halogens is 1. The first-order valence-electron chi connectivity index (χ1n) is 6.95. The van der Waals surface area contributed by atoms with Crippen LogP contribution in [0.1, 0.15) is 18.4 Å². The normalized spacial score (nSPS) is 19.9. The Kier molecular flexibility index (Phi) is 5.03. The molecule has 118 valence electrons. The number of carbonyl (C=O) groups is 3. The highest BCUT2D eigenvalue weighted by atomic mass is 35.5. The van der Waals surface area contributed by atoms with Gasteiger partial charge in [0.1, 0.15) is 0 Å². The van der Waals surface area contributed by atoms with Crippen molar-refractivity contribution >= 4 is 35.1 Å². The number of benzene rings is 1. The Morgan fingerprint density at radius 1 is 1.27 bits per heavy atom. The van der Waals surface area contributed by atoms with Gasteiger partial charge in [-0.05, 0) is 37.5 Å². The highest BCUT2D eigenvalue weighted by Gasteiger charge is 2.41. The molecular weight excluding hydrogens is 308 g/mol. The van der Waals surface area contributed by atoms with Crippen LogP contribution in [-0.2, 0) is 14.4 Å². The molecule has 0 bridgehead atoms. The fraction of sp³-hybridized carbons (Fsp3) is 0.400. The van der Waals surface area contributed by atoms with Crippen molar-refractivity contribution in [2.45, 2.75) is 19.8 Å². The van der Waals surface area contributed by atoms with E-state index in [1.165, 1.54) is 0 Å². The van der Waals surface area contributed by atoms with Crippen LogP contribution in [0.5, 0.6) is 0 Å². The SMILES string of the molecule is Cc1ccc(NC(=O)CNC(=O)C2CCC2C(=O)O)c(Cl)c1. The molecule has 2 amide bonds. The third-order valence-corrected chi connectivity index (χ3v) is 4.06.